The highest BCUT2D eigenvalue weighted by Crippen LogP contribution is 2.41. The number of hydrogen-bond acceptors (Lipinski definition) is 4. The van der Waals surface area contributed by atoms with Crippen LogP contribution in [-0.2, 0) is 0 Å². The van der Waals surface area contributed by atoms with E-state index in [0.717, 1.165) is 22.3 Å². The SMILES string of the molecule is Clc1nc(-c2cccc(-c3ccc4cccc(-c5ccccc5)c4c3)c2)nc(-c2ccc3sc4cccc(-c5ccccc5)c4c3c2)n1. The Morgan fingerprint density at radius 2 is 0.979 bits per heavy atom. The Labute approximate surface area is 286 Å². The molecule has 0 unspecified atom stereocenters. The normalized spacial score (nSPS) is 11.4. The maximum absolute atomic E-state index is 6.58. The lowest BCUT2D eigenvalue weighted by Gasteiger charge is -2.11. The van der Waals surface area contributed by atoms with Gasteiger partial charge in [-0.15, -0.1) is 11.3 Å². The fourth-order valence-corrected chi connectivity index (χ4v) is 7.86. The summed E-state index contributed by atoms with van der Waals surface area (Å²) in [6.07, 6.45) is 0. The topological polar surface area (TPSA) is 38.7 Å². The average molecular weight is 652 g/mol. The quantitative estimate of drug-likeness (QED) is 0.186. The van der Waals surface area contributed by atoms with Crippen molar-refractivity contribution in [1.82, 2.24) is 15.0 Å². The molecule has 0 amide bonds. The fourth-order valence-electron chi connectivity index (χ4n) is 6.59. The van der Waals surface area contributed by atoms with E-state index in [1.165, 1.54) is 53.2 Å². The molecule has 3 nitrogen and oxygen atoms in total. The molecule has 0 spiro atoms. The van der Waals surface area contributed by atoms with E-state index >= 15 is 0 Å². The van der Waals surface area contributed by atoms with E-state index in [1.54, 1.807) is 11.3 Å². The van der Waals surface area contributed by atoms with Crippen LogP contribution >= 0.6 is 22.9 Å². The molecule has 0 aliphatic rings. The first-order valence-electron chi connectivity index (χ1n) is 15.8. The van der Waals surface area contributed by atoms with Gasteiger partial charge < -0.3 is 0 Å². The molecular weight excluding hydrogens is 626 g/mol. The van der Waals surface area contributed by atoms with Crippen molar-refractivity contribution >= 4 is 53.9 Å². The molecular formula is C43H26ClN3S. The monoisotopic (exact) mass is 651 g/mol. The molecule has 0 saturated heterocycles. The summed E-state index contributed by atoms with van der Waals surface area (Å²) in [5.41, 5.74) is 8.80. The lowest BCUT2D eigenvalue weighted by molar-refractivity contribution is 1.07. The van der Waals surface area contributed by atoms with Crippen LogP contribution < -0.4 is 0 Å². The van der Waals surface area contributed by atoms with E-state index in [1.807, 2.05) is 12.1 Å². The summed E-state index contributed by atoms with van der Waals surface area (Å²) in [6, 6.07) is 55.4. The predicted molar refractivity (Wildman–Crippen MR) is 202 cm³/mol. The third kappa shape index (κ3) is 5.12. The van der Waals surface area contributed by atoms with E-state index in [-0.39, 0.29) is 5.28 Å². The number of halogens is 1. The summed E-state index contributed by atoms with van der Waals surface area (Å²) in [5, 5.41) is 5.00. The maximum atomic E-state index is 6.58. The Hall–Kier alpha value is -5.68. The van der Waals surface area contributed by atoms with Crippen LogP contribution in [-0.4, -0.2) is 15.0 Å². The molecule has 226 valence electrons. The first kappa shape index (κ1) is 28.5. The number of benzene rings is 7. The molecule has 0 saturated carbocycles. The van der Waals surface area contributed by atoms with Gasteiger partial charge in [0.2, 0.25) is 5.28 Å². The zero-order valence-corrected chi connectivity index (χ0v) is 27.2. The molecule has 0 aliphatic carbocycles. The molecule has 0 atom stereocenters. The van der Waals surface area contributed by atoms with Crippen LogP contribution in [0.4, 0.5) is 0 Å². The number of aromatic nitrogens is 3. The van der Waals surface area contributed by atoms with Gasteiger partial charge in [-0.3, -0.25) is 0 Å². The maximum Gasteiger partial charge on any atom is 0.226 e. The van der Waals surface area contributed by atoms with Gasteiger partial charge in [-0.2, -0.15) is 9.97 Å². The smallest absolute Gasteiger partial charge is 0.208 e. The van der Waals surface area contributed by atoms with Crippen molar-refractivity contribution in [2.45, 2.75) is 0 Å². The first-order chi connectivity index (χ1) is 23.7. The van der Waals surface area contributed by atoms with Gasteiger partial charge in [-0.05, 0) is 92.2 Å². The second-order valence-corrected chi connectivity index (χ2v) is 13.2. The van der Waals surface area contributed by atoms with Crippen LogP contribution in [0.1, 0.15) is 0 Å². The minimum absolute atomic E-state index is 0.166. The van der Waals surface area contributed by atoms with Crippen molar-refractivity contribution in [2.24, 2.45) is 0 Å². The van der Waals surface area contributed by atoms with Crippen LogP contribution in [0, 0.1) is 0 Å². The molecule has 0 fully saturated rings. The summed E-state index contributed by atoms with van der Waals surface area (Å²) in [5.74, 6) is 1.09. The van der Waals surface area contributed by atoms with Crippen LogP contribution in [0.25, 0.3) is 87.1 Å². The van der Waals surface area contributed by atoms with Gasteiger partial charge >= 0.3 is 0 Å². The molecule has 9 rings (SSSR count). The van der Waals surface area contributed by atoms with Crippen molar-refractivity contribution in [3.05, 3.63) is 163 Å². The van der Waals surface area contributed by atoms with E-state index in [0.29, 0.717) is 11.6 Å². The van der Waals surface area contributed by atoms with Crippen LogP contribution in [0.3, 0.4) is 0 Å². The van der Waals surface area contributed by atoms with Gasteiger partial charge in [0.05, 0.1) is 0 Å². The van der Waals surface area contributed by atoms with Crippen molar-refractivity contribution in [2.75, 3.05) is 0 Å². The molecule has 0 N–H and O–H groups in total. The molecule has 0 aliphatic heterocycles. The van der Waals surface area contributed by atoms with Crippen LogP contribution in [0.2, 0.25) is 5.28 Å². The third-order valence-electron chi connectivity index (χ3n) is 8.87. The average Bonchev–Trinajstić information content (AvgIpc) is 3.53. The van der Waals surface area contributed by atoms with Gasteiger partial charge in [0.25, 0.3) is 0 Å². The van der Waals surface area contributed by atoms with Gasteiger partial charge in [-0.25, -0.2) is 4.98 Å². The zero-order chi connectivity index (χ0) is 32.0. The number of fused-ring (bicyclic) bond motifs is 4. The zero-order valence-electron chi connectivity index (χ0n) is 25.6. The second-order valence-electron chi connectivity index (χ2n) is 11.8. The van der Waals surface area contributed by atoms with Gasteiger partial charge in [0.1, 0.15) is 0 Å². The number of thiophene rings is 1. The van der Waals surface area contributed by atoms with E-state index in [9.17, 15) is 0 Å². The van der Waals surface area contributed by atoms with Gasteiger partial charge in [-0.1, -0.05) is 121 Å². The van der Waals surface area contributed by atoms with E-state index in [4.69, 9.17) is 16.6 Å². The Balaban J connectivity index is 1.12. The molecule has 0 radical (unpaired) electrons. The number of nitrogens with zero attached hydrogens (tertiary/aromatic N) is 3. The fraction of sp³-hybridized carbons (Fsp3) is 0. The molecule has 2 aromatic heterocycles. The minimum atomic E-state index is 0.166. The Morgan fingerprint density at radius 1 is 0.396 bits per heavy atom. The van der Waals surface area contributed by atoms with Gasteiger partial charge in [0, 0.05) is 31.3 Å². The summed E-state index contributed by atoms with van der Waals surface area (Å²) in [6.45, 7) is 0. The van der Waals surface area contributed by atoms with Gasteiger partial charge in [0.15, 0.2) is 11.6 Å². The molecule has 9 aromatic rings. The first-order valence-corrected chi connectivity index (χ1v) is 17.0. The predicted octanol–water partition coefficient (Wildman–Crippen LogP) is 12.4. The second kappa shape index (κ2) is 11.8. The van der Waals surface area contributed by atoms with Crippen molar-refractivity contribution in [3.63, 3.8) is 0 Å². The molecule has 0 bridgehead atoms. The minimum Gasteiger partial charge on any atom is -0.208 e. The Bertz CT molecular complexity index is 2630. The number of hydrogen-bond donors (Lipinski definition) is 0. The van der Waals surface area contributed by atoms with Crippen LogP contribution in [0.5, 0.6) is 0 Å². The number of rotatable bonds is 5. The summed E-state index contributed by atoms with van der Waals surface area (Å²) in [7, 11) is 0. The highest BCUT2D eigenvalue weighted by Gasteiger charge is 2.15. The largest absolute Gasteiger partial charge is 0.226 e. The van der Waals surface area contributed by atoms with Crippen molar-refractivity contribution in [3.8, 4) is 56.2 Å². The standard InChI is InChI=1S/C43H26ClN3S/c44-43-46-41(32-16-7-15-30(24-32)31-21-20-29-14-8-17-34(36(29)25-31)27-10-3-1-4-11-27)45-42(47-43)33-22-23-38-37(26-33)40-35(18-9-19-39(40)48-38)28-12-5-2-6-13-28/h1-26H. The van der Waals surface area contributed by atoms with Crippen molar-refractivity contribution in [1.29, 1.82) is 0 Å². The molecule has 2 heterocycles. The summed E-state index contributed by atoms with van der Waals surface area (Å²) >= 11 is 8.38. The highest BCUT2D eigenvalue weighted by atomic mass is 35.5. The Morgan fingerprint density at radius 3 is 1.77 bits per heavy atom. The third-order valence-corrected chi connectivity index (χ3v) is 10.2. The summed E-state index contributed by atoms with van der Waals surface area (Å²) < 4.78 is 2.47. The lowest BCUT2D eigenvalue weighted by atomic mass is 9.94. The molecule has 48 heavy (non-hydrogen) atoms. The van der Waals surface area contributed by atoms with E-state index < -0.39 is 0 Å². The lowest BCUT2D eigenvalue weighted by Crippen LogP contribution is -1.97. The highest BCUT2D eigenvalue weighted by molar-refractivity contribution is 7.26. The molecule has 5 heteroatoms. The Kier molecular flexibility index (Phi) is 7.04. The summed E-state index contributed by atoms with van der Waals surface area (Å²) in [4.78, 5) is 14.1. The molecule has 7 aromatic carbocycles. The van der Waals surface area contributed by atoms with Crippen molar-refractivity contribution < 1.29 is 0 Å². The van der Waals surface area contributed by atoms with Crippen LogP contribution in [0.15, 0.2) is 158 Å². The van der Waals surface area contributed by atoms with E-state index in [2.05, 4.69) is 156 Å².